The Balaban J connectivity index is 0.00000106. The average Bonchev–Trinajstić information content (AvgIpc) is 2.32. The minimum Gasteiger partial charge on any atom is -0.497 e. The second-order valence-electron chi connectivity index (χ2n) is 3.95. The molecule has 16 heavy (non-hydrogen) atoms. The van der Waals surface area contributed by atoms with Crippen molar-refractivity contribution in [1.29, 1.82) is 0 Å². The summed E-state index contributed by atoms with van der Waals surface area (Å²) in [5.74, 6) is 1.73. The van der Waals surface area contributed by atoms with Gasteiger partial charge in [0, 0.05) is 0 Å². The molecule has 0 aromatic heterocycles. The van der Waals surface area contributed by atoms with Crippen molar-refractivity contribution >= 4 is 0 Å². The summed E-state index contributed by atoms with van der Waals surface area (Å²) in [6.07, 6.45) is 3.73. The van der Waals surface area contributed by atoms with Crippen LogP contribution in [-0.2, 0) is 6.42 Å². The van der Waals surface area contributed by atoms with Crippen LogP contribution in [0.3, 0.4) is 0 Å². The first-order chi connectivity index (χ1) is 7.76. The van der Waals surface area contributed by atoms with Crippen LogP contribution < -0.4 is 4.74 Å². The zero-order valence-electron chi connectivity index (χ0n) is 11.4. The van der Waals surface area contributed by atoms with Gasteiger partial charge in [0.2, 0.25) is 0 Å². The third kappa shape index (κ3) is 5.79. The summed E-state index contributed by atoms with van der Waals surface area (Å²) in [5.41, 5.74) is 1.38. The molecule has 0 radical (unpaired) electrons. The SMILES string of the molecule is CC.CCCC(C)Cc1cccc(OC)c1. The van der Waals surface area contributed by atoms with Crippen molar-refractivity contribution in [3.63, 3.8) is 0 Å². The predicted molar refractivity (Wildman–Crippen MR) is 72.1 cm³/mol. The molecule has 0 spiro atoms. The summed E-state index contributed by atoms with van der Waals surface area (Å²) in [5, 5.41) is 0. The Hall–Kier alpha value is -0.980. The van der Waals surface area contributed by atoms with Gasteiger partial charge in [0.1, 0.15) is 5.75 Å². The molecule has 1 aromatic rings. The van der Waals surface area contributed by atoms with E-state index >= 15 is 0 Å². The fraction of sp³-hybridized carbons (Fsp3) is 0.600. The van der Waals surface area contributed by atoms with Gasteiger partial charge in [-0.05, 0) is 30.0 Å². The van der Waals surface area contributed by atoms with Crippen LogP contribution in [0.1, 0.15) is 46.1 Å². The molecule has 92 valence electrons. The quantitative estimate of drug-likeness (QED) is 0.701. The molecule has 1 atom stereocenters. The first-order valence-electron chi connectivity index (χ1n) is 6.39. The minimum atomic E-state index is 0.770. The number of ether oxygens (including phenoxy) is 1. The van der Waals surface area contributed by atoms with Crippen molar-refractivity contribution in [3.05, 3.63) is 29.8 Å². The maximum Gasteiger partial charge on any atom is 0.119 e. The molecular weight excluding hydrogens is 196 g/mol. The molecule has 1 nitrogen and oxygen atoms in total. The van der Waals surface area contributed by atoms with Crippen LogP contribution in [0.4, 0.5) is 0 Å². The lowest BCUT2D eigenvalue weighted by atomic mass is 9.97. The van der Waals surface area contributed by atoms with Gasteiger partial charge in [-0.1, -0.05) is 52.7 Å². The van der Waals surface area contributed by atoms with E-state index in [1.165, 1.54) is 18.4 Å². The molecule has 1 unspecified atom stereocenters. The summed E-state index contributed by atoms with van der Waals surface area (Å²) in [6.45, 7) is 8.55. The topological polar surface area (TPSA) is 9.23 Å². The molecule has 0 aliphatic rings. The fourth-order valence-corrected chi connectivity index (χ4v) is 1.80. The van der Waals surface area contributed by atoms with Crippen molar-refractivity contribution in [3.8, 4) is 5.75 Å². The van der Waals surface area contributed by atoms with Gasteiger partial charge in [-0.3, -0.25) is 0 Å². The Bertz CT molecular complexity index is 268. The lowest BCUT2D eigenvalue weighted by Gasteiger charge is -2.10. The molecule has 0 amide bonds. The average molecular weight is 222 g/mol. The monoisotopic (exact) mass is 222 g/mol. The Kier molecular flexibility index (Phi) is 8.69. The Labute approximate surface area is 101 Å². The highest BCUT2D eigenvalue weighted by atomic mass is 16.5. The highest BCUT2D eigenvalue weighted by molar-refractivity contribution is 5.28. The normalized spacial score (nSPS) is 11.3. The van der Waals surface area contributed by atoms with E-state index in [-0.39, 0.29) is 0 Å². The second kappa shape index (κ2) is 9.26. The van der Waals surface area contributed by atoms with Gasteiger partial charge >= 0.3 is 0 Å². The number of rotatable bonds is 5. The van der Waals surface area contributed by atoms with Crippen LogP contribution in [0.25, 0.3) is 0 Å². The first kappa shape index (κ1) is 15.0. The summed E-state index contributed by atoms with van der Waals surface area (Å²) in [6, 6.07) is 8.36. The molecule has 0 saturated heterocycles. The number of benzene rings is 1. The maximum atomic E-state index is 5.20. The second-order valence-corrected chi connectivity index (χ2v) is 3.95. The van der Waals surface area contributed by atoms with Crippen LogP contribution in [0.2, 0.25) is 0 Å². The molecule has 0 bridgehead atoms. The third-order valence-corrected chi connectivity index (χ3v) is 2.50. The molecule has 0 aliphatic heterocycles. The largest absolute Gasteiger partial charge is 0.497 e. The van der Waals surface area contributed by atoms with Crippen LogP contribution >= 0.6 is 0 Å². The Morgan fingerprint density at radius 1 is 1.25 bits per heavy atom. The summed E-state index contributed by atoms with van der Waals surface area (Å²) < 4.78 is 5.20. The van der Waals surface area contributed by atoms with Crippen molar-refractivity contribution in [2.24, 2.45) is 5.92 Å². The van der Waals surface area contributed by atoms with E-state index in [2.05, 4.69) is 32.0 Å². The maximum absolute atomic E-state index is 5.20. The van der Waals surface area contributed by atoms with Crippen molar-refractivity contribution in [2.45, 2.75) is 47.0 Å². The van der Waals surface area contributed by atoms with Crippen molar-refractivity contribution in [1.82, 2.24) is 0 Å². The smallest absolute Gasteiger partial charge is 0.119 e. The van der Waals surface area contributed by atoms with E-state index < -0.39 is 0 Å². The Morgan fingerprint density at radius 2 is 1.94 bits per heavy atom. The number of hydrogen-bond acceptors (Lipinski definition) is 1. The van der Waals surface area contributed by atoms with Gasteiger partial charge in [-0.2, -0.15) is 0 Å². The lowest BCUT2D eigenvalue weighted by molar-refractivity contribution is 0.413. The van der Waals surface area contributed by atoms with Gasteiger partial charge in [-0.15, -0.1) is 0 Å². The van der Waals surface area contributed by atoms with Crippen LogP contribution in [-0.4, -0.2) is 7.11 Å². The van der Waals surface area contributed by atoms with Crippen LogP contribution in [0.15, 0.2) is 24.3 Å². The zero-order valence-corrected chi connectivity index (χ0v) is 11.4. The van der Waals surface area contributed by atoms with E-state index in [0.29, 0.717) is 0 Å². The fourth-order valence-electron chi connectivity index (χ4n) is 1.80. The third-order valence-electron chi connectivity index (χ3n) is 2.50. The van der Waals surface area contributed by atoms with E-state index in [9.17, 15) is 0 Å². The van der Waals surface area contributed by atoms with Gasteiger partial charge in [-0.25, -0.2) is 0 Å². The van der Waals surface area contributed by atoms with Crippen LogP contribution in [0, 0.1) is 5.92 Å². The molecule has 1 rings (SSSR count). The number of methoxy groups -OCH3 is 1. The summed E-state index contributed by atoms with van der Waals surface area (Å²) in [7, 11) is 1.72. The van der Waals surface area contributed by atoms with Gasteiger partial charge in [0.05, 0.1) is 7.11 Å². The van der Waals surface area contributed by atoms with E-state index in [1.54, 1.807) is 7.11 Å². The summed E-state index contributed by atoms with van der Waals surface area (Å²) >= 11 is 0. The highest BCUT2D eigenvalue weighted by Gasteiger charge is 2.03. The van der Waals surface area contributed by atoms with Crippen molar-refractivity contribution in [2.75, 3.05) is 7.11 Å². The summed E-state index contributed by atoms with van der Waals surface area (Å²) in [4.78, 5) is 0. The molecule has 0 saturated carbocycles. The minimum absolute atomic E-state index is 0.770. The molecule has 0 N–H and O–H groups in total. The molecule has 0 heterocycles. The number of hydrogen-bond donors (Lipinski definition) is 0. The Morgan fingerprint density at radius 3 is 2.50 bits per heavy atom. The van der Waals surface area contributed by atoms with Crippen LogP contribution in [0.5, 0.6) is 5.75 Å². The van der Waals surface area contributed by atoms with Gasteiger partial charge in [0.15, 0.2) is 0 Å². The first-order valence-corrected chi connectivity index (χ1v) is 6.39. The van der Waals surface area contributed by atoms with Gasteiger partial charge in [0.25, 0.3) is 0 Å². The zero-order chi connectivity index (χ0) is 12.4. The standard InChI is InChI=1S/C13H20O.C2H6/c1-4-6-11(2)9-12-7-5-8-13(10-12)14-3;1-2/h5,7-8,10-11H,4,6,9H2,1-3H3;1-2H3. The molecule has 1 heteroatoms. The molecule has 0 aliphatic carbocycles. The highest BCUT2D eigenvalue weighted by Crippen LogP contribution is 2.17. The van der Waals surface area contributed by atoms with Gasteiger partial charge < -0.3 is 4.74 Å². The predicted octanol–water partition coefficient (Wildman–Crippen LogP) is 4.70. The van der Waals surface area contributed by atoms with E-state index in [1.807, 2.05) is 19.9 Å². The molecular formula is C15H26O. The van der Waals surface area contributed by atoms with Crippen molar-refractivity contribution < 1.29 is 4.74 Å². The van der Waals surface area contributed by atoms with E-state index in [4.69, 9.17) is 4.74 Å². The van der Waals surface area contributed by atoms with E-state index in [0.717, 1.165) is 18.1 Å². The lowest BCUT2D eigenvalue weighted by Crippen LogP contribution is -1.99. The molecule has 1 aromatic carbocycles. The molecule has 0 fully saturated rings.